The van der Waals surface area contributed by atoms with Gasteiger partial charge in [0.25, 0.3) is 0 Å². The second kappa shape index (κ2) is 8.38. The zero-order chi connectivity index (χ0) is 18.4. The second-order valence-electron chi connectivity index (χ2n) is 6.13. The molecule has 0 spiro atoms. The Morgan fingerprint density at radius 1 is 1.08 bits per heavy atom. The molecular weight excluding hydrogens is 314 g/mol. The maximum absolute atomic E-state index is 12.3. The van der Waals surface area contributed by atoms with Crippen molar-refractivity contribution >= 4 is 17.7 Å². The Labute approximate surface area is 149 Å². The Balaban J connectivity index is 2.17. The number of benzene rings is 2. The molecule has 0 fully saturated rings. The van der Waals surface area contributed by atoms with Gasteiger partial charge >= 0.3 is 0 Å². The molecule has 25 heavy (non-hydrogen) atoms. The highest BCUT2D eigenvalue weighted by atomic mass is 16.5. The summed E-state index contributed by atoms with van der Waals surface area (Å²) in [6, 6.07) is 11.6. The monoisotopic (exact) mass is 339 g/mol. The fourth-order valence-corrected chi connectivity index (χ4v) is 2.64. The number of amides is 1. The number of aryl methyl sites for hydroxylation is 1. The predicted octanol–water partition coefficient (Wildman–Crippen LogP) is 4.79. The number of methoxy groups -OCH3 is 2. The average molecular weight is 339 g/mol. The maximum Gasteiger partial charge on any atom is 0.248 e. The van der Waals surface area contributed by atoms with E-state index in [9.17, 15) is 4.79 Å². The van der Waals surface area contributed by atoms with Crippen LogP contribution in [0.4, 0.5) is 5.69 Å². The van der Waals surface area contributed by atoms with Crippen LogP contribution in [-0.2, 0) is 4.79 Å². The molecule has 0 atom stereocenters. The van der Waals surface area contributed by atoms with Crippen LogP contribution in [0.3, 0.4) is 0 Å². The normalized spacial score (nSPS) is 11.0. The predicted molar refractivity (Wildman–Crippen MR) is 102 cm³/mol. The molecule has 2 rings (SSSR count). The summed E-state index contributed by atoms with van der Waals surface area (Å²) in [5, 5.41) is 3.00. The Morgan fingerprint density at radius 3 is 2.44 bits per heavy atom. The Morgan fingerprint density at radius 2 is 1.80 bits per heavy atom. The molecule has 0 radical (unpaired) electrons. The number of rotatable bonds is 6. The standard InChI is InChI=1S/C21H25NO3/c1-14(2)17-8-6-7-15(3)21(17)22-20(23)12-10-16-9-11-18(24-4)19(13-16)25-5/h6-14H,1-5H3,(H,22,23)/b12-10+. The lowest BCUT2D eigenvalue weighted by molar-refractivity contribution is -0.111. The minimum atomic E-state index is -0.161. The van der Waals surface area contributed by atoms with Gasteiger partial charge in [0, 0.05) is 11.8 Å². The first-order valence-electron chi connectivity index (χ1n) is 8.26. The molecule has 2 aromatic carbocycles. The van der Waals surface area contributed by atoms with Gasteiger partial charge in [-0.2, -0.15) is 0 Å². The summed E-state index contributed by atoms with van der Waals surface area (Å²) in [6.45, 7) is 6.23. The van der Waals surface area contributed by atoms with E-state index in [0.29, 0.717) is 17.4 Å². The summed E-state index contributed by atoms with van der Waals surface area (Å²) in [7, 11) is 3.18. The van der Waals surface area contributed by atoms with Gasteiger partial charge in [-0.1, -0.05) is 38.1 Å². The molecule has 2 aromatic rings. The van der Waals surface area contributed by atoms with Crippen molar-refractivity contribution in [1.82, 2.24) is 0 Å². The molecule has 0 saturated carbocycles. The number of carbonyl (C=O) groups excluding carboxylic acids is 1. The van der Waals surface area contributed by atoms with Gasteiger partial charge in [0.1, 0.15) is 0 Å². The van der Waals surface area contributed by atoms with Crippen molar-refractivity contribution < 1.29 is 14.3 Å². The van der Waals surface area contributed by atoms with Crippen LogP contribution in [0.1, 0.15) is 36.5 Å². The SMILES string of the molecule is COc1ccc(/C=C/C(=O)Nc2c(C)cccc2C(C)C)cc1OC. The van der Waals surface area contributed by atoms with E-state index in [1.54, 1.807) is 20.3 Å². The van der Waals surface area contributed by atoms with Crippen molar-refractivity contribution in [3.8, 4) is 11.5 Å². The third-order valence-electron chi connectivity index (χ3n) is 4.01. The number of anilines is 1. The van der Waals surface area contributed by atoms with Crippen LogP contribution in [-0.4, -0.2) is 20.1 Å². The Bertz CT molecular complexity index is 779. The van der Waals surface area contributed by atoms with E-state index in [0.717, 1.165) is 22.4 Å². The van der Waals surface area contributed by atoms with Crippen LogP contribution in [0.25, 0.3) is 6.08 Å². The Kier molecular flexibility index (Phi) is 6.23. The fourth-order valence-electron chi connectivity index (χ4n) is 2.64. The first-order chi connectivity index (χ1) is 12.0. The van der Waals surface area contributed by atoms with E-state index in [1.807, 2.05) is 43.3 Å². The Hall–Kier alpha value is -2.75. The van der Waals surface area contributed by atoms with Crippen molar-refractivity contribution in [3.63, 3.8) is 0 Å². The van der Waals surface area contributed by atoms with Crippen molar-refractivity contribution in [2.75, 3.05) is 19.5 Å². The van der Waals surface area contributed by atoms with E-state index in [1.165, 1.54) is 6.08 Å². The molecule has 1 N–H and O–H groups in total. The highest BCUT2D eigenvalue weighted by Gasteiger charge is 2.10. The van der Waals surface area contributed by atoms with E-state index in [-0.39, 0.29) is 5.91 Å². The van der Waals surface area contributed by atoms with Crippen molar-refractivity contribution in [1.29, 1.82) is 0 Å². The van der Waals surface area contributed by atoms with E-state index in [4.69, 9.17) is 9.47 Å². The summed E-state index contributed by atoms with van der Waals surface area (Å²) < 4.78 is 10.5. The number of carbonyl (C=O) groups is 1. The number of nitrogens with one attached hydrogen (secondary N) is 1. The molecule has 0 aliphatic carbocycles. The van der Waals surface area contributed by atoms with Gasteiger partial charge in [-0.3, -0.25) is 4.79 Å². The lowest BCUT2D eigenvalue weighted by atomic mass is 9.98. The van der Waals surface area contributed by atoms with E-state index < -0.39 is 0 Å². The average Bonchev–Trinajstić information content (AvgIpc) is 2.61. The lowest BCUT2D eigenvalue weighted by Crippen LogP contribution is -2.11. The molecule has 4 nitrogen and oxygen atoms in total. The summed E-state index contributed by atoms with van der Waals surface area (Å²) in [4.78, 5) is 12.3. The van der Waals surface area contributed by atoms with Crippen molar-refractivity contribution in [2.45, 2.75) is 26.7 Å². The summed E-state index contributed by atoms with van der Waals surface area (Å²) in [5.74, 6) is 1.47. The highest BCUT2D eigenvalue weighted by molar-refractivity contribution is 6.02. The van der Waals surface area contributed by atoms with Gasteiger partial charge in [0.2, 0.25) is 5.91 Å². The quantitative estimate of drug-likeness (QED) is 0.770. The lowest BCUT2D eigenvalue weighted by Gasteiger charge is -2.15. The summed E-state index contributed by atoms with van der Waals surface area (Å²) in [6.07, 6.45) is 3.28. The van der Waals surface area contributed by atoms with Gasteiger partial charge in [-0.25, -0.2) is 0 Å². The first kappa shape index (κ1) is 18.6. The smallest absolute Gasteiger partial charge is 0.248 e. The van der Waals surface area contributed by atoms with Gasteiger partial charge in [-0.05, 0) is 47.7 Å². The van der Waals surface area contributed by atoms with Crippen molar-refractivity contribution in [3.05, 3.63) is 59.2 Å². The molecule has 0 aromatic heterocycles. The molecule has 0 heterocycles. The van der Waals surface area contributed by atoms with E-state index in [2.05, 4.69) is 19.2 Å². The van der Waals surface area contributed by atoms with Gasteiger partial charge in [-0.15, -0.1) is 0 Å². The minimum absolute atomic E-state index is 0.161. The number of hydrogen-bond acceptors (Lipinski definition) is 3. The molecular formula is C21H25NO3. The van der Waals surface area contributed by atoms with Gasteiger partial charge < -0.3 is 14.8 Å². The topological polar surface area (TPSA) is 47.6 Å². The molecule has 1 amide bonds. The van der Waals surface area contributed by atoms with Crippen LogP contribution in [0.15, 0.2) is 42.5 Å². The van der Waals surface area contributed by atoms with Crippen molar-refractivity contribution in [2.24, 2.45) is 0 Å². The molecule has 132 valence electrons. The molecule has 0 bridgehead atoms. The highest BCUT2D eigenvalue weighted by Crippen LogP contribution is 2.29. The second-order valence-corrected chi connectivity index (χ2v) is 6.13. The minimum Gasteiger partial charge on any atom is -0.493 e. The zero-order valence-electron chi connectivity index (χ0n) is 15.4. The summed E-state index contributed by atoms with van der Waals surface area (Å²) in [5.41, 5.74) is 3.94. The van der Waals surface area contributed by atoms with Crippen LogP contribution in [0.5, 0.6) is 11.5 Å². The number of para-hydroxylation sites is 1. The number of ether oxygens (including phenoxy) is 2. The molecule has 0 saturated heterocycles. The van der Waals surface area contributed by atoms with Crippen LogP contribution < -0.4 is 14.8 Å². The molecule has 0 unspecified atom stereocenters. The molecule has 0 aliphatic rings. The van der Waals surface area contributed by atoms with Gasteiger partial charge in [0.15, 0.2) is 11.5 Å². The van der Waals surface area contributed by atoms with Crippen LogP contribution >= 0.6 is 0 Å². The largest absolute Gasteiger partial charge is 0.493 e. The molecule has 4 heteroatoms. The molecule has 0 aliphatic heterocycles. The fraction of sp³-hybridized carbons (Fsp3) is 0.286. The number of hydrogen-bond donors (Lipinski definition) is 1. The maximum atomic E-state index is 12.3. The zero-order valence-corrected chi connectivity index (χ0v) is 15.4. The van der Waals surface area contributed by atoms with Crippen LogP contribution in [0, 0.1) is 6.92 Å². The van der Waals surface area contributed by atoms with Gasteiger partial charge in [0.05, 0.1) is 14.2 Å². The van der Waals surface area contributed by atoms with Crippen LogP contribution in [0.2, 0.25) is 0 Å². The van der Waals surface area contributed by atoms with E-state index >= 15 is 0 Å². The third-order valence-corrected chi connectivity index (χ3v) is 4.01. The third kappa shape index (κ3) is 4.63. The first-order valence-corrected chi connectivity index (χ1v) is 8.26. The summed E-state index contributed by atoms with van der Waals surface area (Å²) >= 11 is 0.